The molecule has 1 atom stereocenters. The van der Waals surface area contributed by atoms with Gasteiger partial charge in [-0.3, -0.25) is 4.79 Å². The number of nitrogens with zero attached hydrogens (tertiary/aromatic N) is 5. The van der Waals surface area contributed by atoms with Crippen LogP contribution in [0.5, 0.6) is 0 Å². The molecule has 7 heteroatoms. The third-order valence-corrected chi connectivity index (χ3v) is 4.77. The first-order valence-electron chi connectivity index (χ1n) is 8.61. The largest absolute Gasteiger partial charge is 0.374 e. The minimum Gasteiger partial charge on any atom is -0.374 e. The molecule has 4 rings (SSSR count). The molecule has 0 saturated heterocycles. The van der Waals surface area contributed by atoms with Crippen molar-refractivity contribution in [2.24, 2.45) is 0 Å². The van der Waals surface area contributed by atoms with E-state index in [1.807, 2.05) is 0 Å². The van der Waals surface area contributed by atoms with Crippen LogP contribution in [0.25, 0.3) is 5.82 Å². The Balaban J connectivity index is 1.47. The fourth-order valence-electron chi connectivity index (χ4n) is 3.35. The molecule has 26 heavy (non-hydrogen) atoms. The third kappa shape index (κ3) is 3.15. The van der Waals surface area contributed by atoms with Crippen molar-refractivity contribution in [3.8, 4) is 5.82 Å². The Hall–Kier alpha value is -3.22. The van der Waals surface area contributed by atoms with Gasteiger partial charge in [-0.1, -0.05) is 18.2 Å². The molecule has 3 heterocycles. The maximum absolute atomic E-state index is 12.6. The topological polar surface area (TPSA) is 75.9 Å². The van der Waals surface area contributed by atoms with Crippen LogP contribution >= 0.6 is 0 Å². The zero-order chi connectivity index (χ0) is 17.9. The van der Waals surface area contributed by atoms with Gasteiger partial charge in [0.1, 0.15) is 12.7 Å². The molecule has 0 radical (unpaired) electrons. The van der Waals surface area contributed by atoms with Crippen molar-refractivity contribution < 1.29 is 4.79 Å². The summed E-state index contributed by atoms with van der Waals surface area (Å²) in [7, 11) is 2.11. The Morgan fingerprint density at radius 3 is 3.04 bits per heavy atom. The SMILES string of the molecule is CN1CCC(CNC(=O)c2ccnc(-n3cncn3)c2)c2ccccc21. The summed E-state index contributed by atoms with van der Waals surface area (Å²) in [6.45, 7) is 1.61. The normalized spacial score (nSPS) is 16.2. The summed E-state index contributed by atoms with van der Waals surface area (Å²) in [5.41, 5.74) is 3.10. The Morgan fingerprint density at radius 2 is 2.19 bits per heavy atom. The molecule has 0 spiro atoms. The number of benzene rings is 1. The van der Waals surface area contributed by atoms with E-state index in [1.54, 1.807) is 24.7 Å². The number of nitrogens with one attached hydrogen (secondary N) is 1. The van der Waals surface area contributed by atoms with Gasteiger partial charge in [0.25, 0.3) is 5.91 Å². The number of amides is 1. The molecule has 2 aromatic heterocycles. The standard InChI is InChI=1S/C19H20N6O/c1-24-9-7-15(16-4-2-3-5-17(16)24)11-22-19(26)14-6-8-21-18(10-14)25-13-20-12-23-25/h2-6,8,10,12-13,15H,7,9,11H2,1H3,(H,22,26). The first-order chi connectivity index (χ1) is 12.7. The number of pyridine rings is 1. The molecule has 1 aromatic carbocycles. The zero-order valence-corrected chi connectivity index (χ0v) is 14.5. The molecule has 0 fully saturated rings. The second-order valence-electron chi connectivity index (χ2n) is 6.42. The van der Waals surface area contributed by atoms with Gasteiger partial charge in [-0.05, 0) is 30.2 Å². The fraction of sp³-hybridized carbons (Fsp3) is 0.263. The summed E-state index contributed by atoms with van der Waals surface area (Å²) in [4.78, 5) is 23.0. The number of rotatable bonds is 4. The quantitative estimate of drug-likeness (QED) is 0.781. The highest BCUT2D eigenvalue weighted by atomic mass is 16.1. The summed E-state index contributed by atoms with van der Waals surface area (Å²) >= 11 is 0. The second-order valence-corrected chi connectivity index (χ2v) is 6.42. The Labute approximate surface area is 151 Å². The Kier molecular flexibility index (Phi) is 4.35. The van der Waals surface area contributed by atoms with Crippen LogP contribution in [0.4, 0.5) is 5.69 Å². The maximum Gasteiger partial charge on any atom is 0.251 e. The lowest BCUT2D eigenvalue weighted by Gasteiger charge is -2.33. The van der Waals surface area contributed by atoms with E-state index in [0.29, 0.717) is 23.8 Å². The van der Waals surface area contributed by atoms with Crippen molar-refractivity contribution in [1.82, 2.24) is 25.1 Å². The van der Waals surface area contributed by atoms with E-state index in [9.17, 15) is 4.79 Å². The molecule has 1 N–H and O–H groups in total. The van der Waals surface area contributed by atoms with Crippen molar-refractivity contribution >= 4 is 11.6 Å². The lowest BCUT2D eigenvalue weighted by atomic mass is 9.90. The van der Waals surface area contributed by atoms with Crippen molar-refractivity contribution in [3.63, 3.8) is 0 Å². The van der Waals surface area contributed by atoms with Crippen LogP contribution in [-0.2, 0) is 0 Å². The van der Waals surface area contributed by atoms with E-state index < -0.39 is 0 Å². The van der Waals surface area contributed by atoms with Gasteiger partial charge >= 0.3 is 0 Å². The molecular formula is C19H20N6O. The van der Waals surface area contributed by atoms with Crippen LogP contribution in [0.1, 0.15) is 28.3 Å². The predicted octanol–water partition coefficient (Wildman–Crippen LogP) is 2.02. The summed E-state index contributed by atoms with van der Waals surface area (Å²) in [6, 6.07) is 11.8. The van der Waals surface area contributed by atoms with Crippen molar-refractivity contribution in [3.05, 3.63) is 66.4 Å². The Bertz CT molecular complexity index is 908. The molecule has 0 aliphatic carbocycles. The van der Waals surface area contributed by atoms with E-state index in [-0.39, 0.29) is 5.91 Å². The summed E-state index contributed by atoms with van der Waals surface area (Å²) in [6.07, 6.45) is 5.62. The number of hydrogen-bond donors (Lipinski definition) is 1. The van der Waals surface area contributed by atoms with Crippen molar-refractivity contribution in [1.29, 1.82) is 0 Å². The van der Waals surface area contributed by atoms with Gasteiger partial charge in [0.15, 0.2) is 5.82 Å². The van der Waals surface area contributed by atoms with E-state index in [2.05, 4.69) is 56.6 Å². The number of para-hydroxylation sites is 1. The van der Waals surface area contributed by atoms with Gasteiger partial charge < -0.3 is 10.2 Å². The summed E-state index contributed by atoms with van der Waals surface area (Å²) in [5.74, 6) is 0.785. The van der Waals surface area contributed by atoms with Gasteiger partial charge in [-0.15, -0.1) is 0 Å². The van der Waals surface area contributed by atoms with Gasteiger partial charge in [0.2, 0.25) is 0 Å². The van der Waals surface area contributed by atoms with Gasteiger partial charge in [0.05, 0.1) is 0 Å². The number of carbonyl (C=O) groups excluding carboxylic acids is 1. The average molecular weight is 348 g/mol. The van der Waals surface area contributed by atoms with E-state index in [0.717, 1.165) is 13.0 Å². The number of aromatic nitrogens is 4. The highest BCUT2D eigenvalue weighted by molar-refractivity contribution is 5.94. The molecular weight excluding hydrogens is 328 g/mol. The highest BCUT2D eigenvalue weighted by Crippen LogP contribution is 2.33. The maximum atomic E-state index is 12.6. The van der Waals surface area contributed by atoms with Crippen LogP contribution in [0.2, 0.25) is 0 Å². The molecule has 132 valence electrons. The number of hydrogen-bond acceptors (Lipinski definition) is 5. The molecule has 1 aliphatic heterocycles. The number of anilines is 1. The van der Waals surface area contributed by atoms with Crippen LogP contribution in [-0.4, -0.2) is 45.8 Å². The van der Waals surface area contributed by atoms with Crippen molar-refractivity contribution in [2.75, 3.05) is 25.0 Å². The molecule has 3 aromatic rings. The monoisotopic (exact) mass is 348 g/mol. The first-order valence-corrected chi connectivity index (χ1v) is 8.61. The van der Waals surface area contributed by atoms with Crippen LogP contribution in [0.15, 0.2) is 55.2 Å². The lowest BCUT2D eigenvalue weighted by molar-refractivity contribution is 0.0950. The van der Waals surface area contributed by atoms with Gasteiger partial charge in [-0.2, -0.15) is 5.10 Å². The van der Waals surface area contributed by atoms with Crippen LogP contribution < -0.4 is 10.2 Å². The first kappa shape index (κ1) is 16.3. The van der Waals surface area contributed by atoms with E-state index in [4.69, 9.17) is 0 Å². The van der Waals surface area contributed by atoms with Gasteiger partial charge in [0, 0.05) is 43.5 Å². The zero-order valence-electron chi connectivity index (χ0n) is 14.5. The molecule has 1 aliphatic rings. The summed E-state index contributed by atoms with van der Waals surface area (Å²) < 4.78 is 1.53. The highest BCUT2D eigenvalue weighted by Gasteiger charge is 2.23. The number of carbonyl (C=O) groups is 1. The summed E-state index contributed by atoms with van der Waals surface area (Å²) in [5, 5.41) is 7.11. The molecule has 0 saturated carbocycles. The predicted molar refractivity (Wildman–Crippen MR) is 98.6 cm³/mol. The third-order valence-electron chi connectivity index (χ3n) is 4.77. The number of fused-ring (bicyclic) bond motifs is 1. The van der Waals surface area contributed by atoms with Crippen molar-refractivity contribution in [2.45, 2.75) is 12.3 Å². The minimum absolute atomic E-state index is 0.106. The average Bonchev–Trinajstić information content (AvgIpc) is 3.22. The lowest BCUT2D eigenvalue weighted by Crippen LogP contribution is -2.34. The van der Waals surface area contributed by atoms with Crippen LogP contribution in [0.3, 0.4) is 0 Å². The molecule has 1 amide bonds. The molecule has 7 nitrogen and oxygen atoms in total. The minimum atomic E-state index is -0.106. The van der Waals surface area contributed by atoms with E-state index in [1.165, 1.54) is 22.3 Å². The second kappa shape index (κ2) is 6.95. The smallest absolute Gasteiger partial charge is 0.251 e. The Morgan fingerprint density at radius 1 is 1.31 bits per heavy atom. The van der Waals surface area contributed by atoms with E-state index >= 15 is 0 Å². The van der Waals surface area contributed by atoms with Gasteiger partial charge in [-0.25, -0.2) is 14.6 Å². The fourth-order valence-corrected chi connectivity index (χ4v) is 3.35. The molecule has 0 bridgehead atoms. The van der Waals surface area contributed by atoms with Crippen LogP contribution in [0, 0.1) is 0 Å². The molecule has 1 unspecified atom stereocenters.